The number of hydrogen-bond acceptors (Lipinski definition) is 3. The Hall–Kier alpha value is -4.27. The molecule has 204 valence electrons. The van der Waals surface area contributed by atoms with Gasteiger partial charge in [-0.05, 0) is 55.3 Å². The first-order valence-corrected chi connectivity index (χ1v) is 11.7. The van der Waals surface area contributed by atoms with Gasteiger partial charge in [-0.25, -0.2) is 0 Å². The van der Waals surface area contributed by atoms with Crippen molar-refractivity contribution in [3.8, 4) is 0 Å². The molecule has 0 atom stereocenters. The van der Waals surface area contributed by atoms with Gasteiger partial charge in [-0.1, -0.05) is 77.9 Å². The van der Waals surface area contributed by atoms with Crippen LogP contribution in [0.3, 0.4) is 0 Å². The van der Waals surface area contributed by atoms with E-state index in [0.717, 1.165) is 29.8 Å². The van der Waals surface area contributed by atoms with Gasteiger partial charge >= 0.3 is 12.4 Å². The van der Waals surface area contributed by atoms with Crippen LogP contribution in [0.15, 0.2) is 97.1 Å². The Kier molecular flexibility index (Phi) is 8.43. The van der Waals surface area contributed by atoms with Gasteiger partial charge in [0, 0.05) is 22.5 Å². The predicted octanol–water partition coefficient (Wildman–Crippen LogP) is 7.80. The van der Waals surface area contributed by atoms with Crippen molar-refractivity contribution >= 4 is 17.2 Å². The standard InChI is InChI=1S/C16H13F6N.C14H13NO/c1-10-5-7-11(8-6-10)14(15(17,18)19,16(20,21)22)12-3-2-4-13(23)9-12;1-10-4-2-5-11(8-10)14(16)12-6-3-7-13(15)9-12/h2-9H,23H2,1H3;2-9H,15H2,1H3. The molecule has 0 fully saturated rings. The summed E-state index contributed by atoms with van der Waals surface area (Å²) >= 11 is 0. The second kappa shape index (κ2) is 11.2. The maximum Gasteiger partial charge on any atom is 0.411 e. The van der Waals surface area contributed by atoms with Crippen LogP contribution in [0, 0.1) is 13.8 Å². The second-order valence-corrected chi connectivity index (χ2v) is 9.06. The van der Waals surface area contributed by atoms with Crippen LogP contribution >= 0.6 is 0 Å². The van der Waals surface area contributed by atoms with Crippen LogP contribution in [0.2, 0.25) is 0 Å². The van der Waals surface area contributed by atoms with E-state index in [9.17, 15) is 31.1 Å². The van der Waals surface area contributed by atoms with Gasteiger partial charge in [0.1, 0.15) is 0 Å². The van der Waals surface area contributed by atoms with Crippen LogP contribution in [0.1, 0.15) is 38.2 Å². The highest BCUT2D eigenvalue weighted by atomic mass is 19.4. The number of rotatable bonds is 4. The Labute approximate surface area is 222 Å². The predicted molar refractivity (Wildman–Crippen MR) is 140 cm³/mol. The van der Waals surface area contributed by atoms with Crippen LogP contribution < -0.4 is 11.5 Å². The Balaban J connectivity index is 0.000000230. The van der Waals surface area contributed by atoms with Crippen molar-refractivity contribution in [2.75, 3.05) is 11.5 Å². The maximum atomic E-state index is 13.7. The maximum absolute atomic E-state index is 13.7. The van der Waals surface area contributed by atoms with Crippen LogP contribution in [-0.2, 0) is 5.41 Å². The van der Waals surface area contributed by atoms with Crippen molar-refractivity contribution in [2.45, 2.75) is 31.6 Å². The zero-order valence-corrected chi connectivity index (χ0v) is 21.1. The third-order valence-corrected chi connectivity index (χ3v) is 6.08. The molecule has 4 aromatic carbocycles. The second-order valence-electron chi connectivity index (χ2n) is 9.06. The molecule has 0 aromatic heterocycles. The number of halogens is 6. The summed E-state index contributed by atoms with van der Waals surface area (Å²) in [6, 6.07) is 22.5. The van der Waals surface area contributed by atoms with Gasteiger partial charge in [-0.3, -0.25) is 4.79 Å². The average Bonchev–Trinajstić information content (AvgIpc) is 2.84. The molecule has 4 rings (SSSR count). The number of alkyl halides is 6. The zero-order valence-electron chi connectivity index (χ0n) is 21.1. The van der Waals surface area contributed by atoms with E-state index in [1.165, 1.54) is 18.2 Å². The quantitative estimate of drug-likeness (QED) is 0.157. The zero-order chi connectivity index (χ0) is 29.0. The Morgan fingerprint density at radius 2 is 1.05 bits per heavy atom. The molecule has 0 bridgehead atoms. The van der Waals surface area contributed by atoms with E-state index >= 15 is 0 Å². The van der Waals surface area contributed by atoms with E-state index in [-0.39, 0.29) is 11.5 Å². The fourth-order valence-electron chi connectivity index (χ4n) is 4.19. The molecule has 39 heavy (non-hydrogen) atoms. The first kappa shape index (κ1) is 29.3. The number of aryl methyl sites for hydroxylation is 2. The molecule has 0 aliphatic carbocycles. The highest BCUT2D eigenvalue weighted by Gasteiger charge is 2.72. The van der Waals surface area contributed by atoms with Crippen LogP contribution in [0.4, 0.5) is 37.7 Å². The summed E-state index contributed by atoms with van der Waals surface area (Å²) in [7, 11) is 0. The van der Waals surface area contributed by atoms with Crippen molar-refractivity contribution in [1.29, 1.82) is 0 Å². The third-order valence-electron chi connectivity index (χ3n) is 6.08. The van der Waals surface area contributed by atoms with E-state index in [2.05, 4.69) is 0 Å². The van der Waals surface area contributed by atoms with E-state index in [1.54, 1.807) is 31.2 Å². The SMILES string of the molecule is Cc1ccc(C(c2cccc(N)c2)(C(F)(F)F)C(F)(F)F)cc1.Cc1cccc(C(=O)c2cccc(N)c2)c1. The normalized spacial score (nSPS) is 11.9. The molecular formula is C30H26F6N2O. The molecule has 0 aliphatic heterocycles. The molecule has 0 unspecified atom stereocenters. The topological polar surface area (TPSA) is 69.1 Å². The summed E-state index contributed by atoms with van der Waals surface area (Å²) in [4.78, 5) is 12.1. The number of carbonyl (C=O) groups excluding carboxylic acids is 1. The molecule has 0 saturated carbocycles. The lowest BCUT2D eigenvalue weighted by atomic mass is 9.72. The molecule has 0 saturated heterocycles. The molecule has 3 nitrogen and oxygen atoms in total. The fourth-order valence-corrected chi connectivity index (χ4v) is 4.19. The number of carbonyl (C=O) groups is 1. The van der Waals surface area contributed by atoms with Crippen molar-refractivity contribution in [1.82, 2.24) is 0 Å². The molecule has 0 radical (unpaired) electrons. The van der Waals surface area contributed by atoms with Gasteiger partial charge in [0.15, 0.2) is 5.78 Å². The first-order chi connectivity index (χ1) is 18.2. The molecule has 0 aliphatic rings. The van der Waals surface area contributed by atoms with Gasteiger partial charge < -0.3 is 11.5 Å². The van der Waals surface area contributed by atoms with Crippen LogP contribution in [0.25, 0.3) is 0 Å². The van der Waals surface area contributed by atoms with Crippen molar-refractivity contribution in [3.63, 3.8) is 0 Å². The lowest BCUT2D eigenvalue weighted by Gasteiger charge is -2.38. The summed E-state index contributed by atoms with van der Waals surface area (Å²) in [6.07, 6.45) is -11.2. The van der Waals surface area contributed by atoms with Gasteiger partial charge in [0.25, 0.3) is 0 Å². The molecular weight excluding hydrogens is 518 g/mol. The molecule has 0 spiro atoms. The lowest BCUT2D eigenvalue weighted by Crippen LogP contribution is -2.54. The van der Waals surface area contributed by atoms with Crippen molar-refractivity contribution < 1.29 is 31.1 Å². The van der Waals surface area contributed by atoms with Gasteiger partial charge in [-0.15, -0.1) is 0 Å². The lowest BCUT2D eigenvalue weighted by molar-refractivity contribution is -0.288. The number of anilines is 2. The minimum atomic E-state index is -5.59. The third kappa shape index (κ3) is 6.25. The van der Waals surface area contributed by atoms with Crippen molar-refractivity contribution in [3.05, 3.63) is 130 Å². The van der Waals surface area contributed by atoms with E-state index in [0.29, 0.717) is 28.4 Å². The fraction of sp³-hybridized carbons (Fsp3) is 0.167. The first-order valence-electron chi connectivity index (χ1n) is 11.7. The molecule has 9 heteroatoms. The molecule has 0 amide bonds. The monoisotopic (exact) mass is 544 g/mol. The summed E-state index contributed by atoms with van der Waals surface area (Å²) in [6.45, 7) is 3.54. The number of benzene rings is 4. The van der Waals surface area contributed by atoms with Crippen LogP contribution in [-0.4, -0.2) is 18.1 Å². The minimum absolute atomic E-state index is 0.0102. The molecule has 4 N–H and O–H groups in total. The Morgan fingerprint density at radius 1 is 0.564 bits per heavy atom. The highest BCUT2D eigenvalue weighted by Crippen LogP contribution is 2.56. The highest BCUT2D eigenvalue weighted by molar-refractivity contribution is 6.09. The Morgan fingerprint density at radius 3 is 1.54 bits per heavy atom. The van der Waals surface area contributed by atoms with Crippen molar-refractivity contribution in [2.24, 2.45) is 0 Å². The number of ketones is 1. The molecule has 0 heterocycles. The summed E-state index contributed by atoms with van der Waals surface area (Å²) in [5.41, 5.74) is 8.47. The average molecular weight is 545 g/mol. The number of hydrogen-bond donors (Lipinski definition) is 2. The number of nitrogens with two attached hydrogens (primary N) is 2. The van der Waals surface area contributed by atoms with Gasteiger partial charge in [-0.2, -0.15) is 26.3 Å². The van der Waals surface area contributed by atoms with E-state index in [1.807, 2.05) is 31.2 Å². The van der Waals surface area contributed by atoms with Gasteiger partial charge in [0.2, 0.25) is 5.41 Å². The Bertz CT molecular complexity index is 1380. The van der Waals surface area contributed by atoms with Gasteiger partial charge in [0.05, 0.1) is 0 Å². The molecule has 4 aromatic rings. The summed E-state index contributed by atoms with van der Waals surface area (Å²) in [5, 5.41) is 0. The smallest absolute Gasteiger partial charge is 0.399 e. The summed E-state index contributed by atoms with van der Waals surface area (Å²) in [5.74, 6) is 0.0102. The largest absolute Gasteiger partial charge is 0.411 e. The van der Waals surface area contributed by atoms with E-state index in [4.69, 9.17) is 11.5 Å². The minimum Gasteiger partial charge on any atom is -0.399 e. The summed E-state index contributed by atoms with van der Waals surface area (Å²) < 4.78 is 82.3. The van der Waals surface area contributed by atoms with Crippen LogP contribution in [0.5, 0.6) is 0 Å². The van der Waals surface area contributed by atoms with E-state index < -0.39 is 28.9 Å². The number of nitrogen functional groups attached to an aromatic ring is 2.